The maximum absolute atomic E-state index is 13.7. The second-order valence-corrected chi connectivity index (χ2v) is 8.03. The molecule has 1 aromatic heterocycles. The third-order valence-electron chi connectivity index (χ3n) is 4.37. The van der Waals surface area contributed by atoms with Crippen LogP contribution in [0.15, 0.2) is 40.9 Å². The Bertz CT molecular complexity index is 984. The van der Waals surface area contributed by atoms with Crippen molar-refractivity contribution in [1.82, 2.24) is 9.88 Å². The predicted octanol–water partition coefficient (Wildman–Crippen LogP) is 4.69. The fourth-order valence-corrected chi connectivity index (χ4v) is 4.49. The average molecular weight is 453 g/mol. The summed E-state index contributed by atoms with van der Waals surface area (Å²) < 4.78 is 29.5. The van der Waals surface area contributed by atoms with Gasteiger partial charge in [0.2, 0.25) is 0 Å². The van der Waals surface area contributed by atoms with Crippen LogP contribution < -0.4 is 10.2 Å². The molecule has 27 heavy (non-hydrogen) atoms. The van der Waals surface area contributed by atoms with Crippen molar-refractivity contribution in [3.8, 4) is 0 Å². The molecule has 0 radical (unpaired) electrons. The van der Waals surface area contributed by atoms with Crippen LogP contribution in [0.3, 0.4) is 0 Å². The lowest BCUT2D eigenvalue weighted by atomic mass is 10.3. The molecule has 1 saturated heterocycles. The van der Waals surface area contributed by atoms with Crippen LogP contribution in [0.2, 0.25) is 0 Å². The Balaban J connectivity index is 1.41. The summed E-state index contributed by atoms with van der Waals surface area (Å²) in [5, 5.41) is 3.24. The molecule has 1 N–H and O–H groups in total. The van der Waals surface area contributed by atoms with Gasteiger partial charge in [-0.05, 0) is 30.3 Å². The summed E-state index contributed by atoms with van der Waals surface area (Å²) in [4.78, 5) is 20.6. The molecule has 2 amide bonds. The topological polar surface area (TPSA) is 48.5 Å². The summed E-state index contributed by atoms with van der Waals surface area (Å²) in [7, 11) is 0. The summed E-state index contributed by atoms with van der Waals surface area (Å²) in [5.74, 6) is -1.58. The van der Waals surface area contributed by atoms with E-state index in [-0.39, 0.29) is 0 Å². The number of carbonyl (C=O) groups is 1. The largest absolute Gasteiger partial charge is 0.345 e. The van der Waals surface area contributed by atoms with Crippen molar-refractivity contribution in [1.29, 1.82) is 0 Å². The van der Waals surface area contributed by atoms with Gasteiger partial charge in [0.15, 0.2) is 5.13 Å². The lowest BCUT2D eigenvalue weighted by Gasteiger charge is -2.34. The first-order valence-electron chi connectivity index (χ1n) is 8.32. The van der Waals surface area contributed by atoms with E-state index in [0.29, 0.717) is 26.2 Å². The number of para-hydroxylation sites is 1. The van der Waals surface area contributed by atoms with Crippen LogP contribution in [-0.2, 0) is 0 Å². The minimum Gasteiger partial charge on any atom is -0.345 e. The molecule has 5 nitrogen and oxygen atoms in total. The van der Waals surface area contributed by atoms with Gasteiger partial charge >= 0.3 is 6.03 Å². The van der Waals surface area contributed by atoms with Gasteiger partial charge in [0.25, 0.3) is 0 Å². The van der Waals surface area contributed by atoms with Crippen LogP contribution in [-0.4, -0.2) is 42.1 Å². The summed E-state index contributed by atoms with van der Waals surface area (Å²) >= 11 is 5.06. The summed E-state index contributed by atoms with van der Waals surface area (Å²) in [6.45, 7) is 2.10. The number of rotatable bonds is 2. The Morgan fingerprint density at radius 3 is 2.52 bits per heavy atom. The number of piperazine rings is 1. The minimum atomic E-state index is -0.789. The number of fused-ring (bicyclic) bond motifs is 1. The highest BCUT2D eigenvalue weighted by Crippen LogP contribution is 2.31. The molecule has 0 saturated carbocycles. The van der Waals surface area contributed by atoms with E-state index in [1.54, 1.807) is 16.2 Å². The Morgan fingerprint density at radius 2 is 1.81 bits per heavy atom. The van der Waals surface area contributed by atoms with Crippen molar-refractivity contribution in [3.63, 3.8) is 0 Å². The van der Waals surface area contributed by atoms with Gasteiger partial charge in [0.1, 0.15) is 17.3 Å². The van der Waals surface area contributed by atoms with Gasteiger partial charge in [-0.25, -0.2) is 18.6 Å². The molecule has 0 atom stereocenters. The normalized spacial score (nSPS) is 14.6. The Morgan fingerprint density at radius 1 is 1.11 bits per heavy atom. The number of aromatic nitrogens is 1. The number of hydrogen-bond acceptors (Lipinski definition) is 4. The molecule has 0 bridgehead atoms. The molecule has 9 heteroatoms. The number of nitrogens with zero attached hydrogens (tertiary/aromatic N) is 3. The number of hydrogen-bond donors (Lipinski definition) is 1. The van der Waals surface area contributed by atoms with Crippen LogP contribution >= 0.6 is 27.3 Å². The zero-order valence-electron chi connectivity index (χ0n) is 14.1. The molecule has 1 fully saturated rings. The van der Waals surface area contributed by atoms with Crippen LogP contribution in [0.1, 0.15) is 0 Å². The number of benzene rings is 2. The number of nitrogens with one attached hydrogen (secondary N) is 1. The Kier molecular flexibility index (Phi) is 4.96. The van der Waals surface area contributed by atoms with Crippen molar-refractivity contribution in [2.24, 2.45) is 0 Å². The predicted molar refractivity (Wildman–Crippen MR) is 106 cm³/mol. The van der Waals surface area contributed by atoms with E-state index in [1.807, 2.05) is 18.2 Å². The monoisotopic (exact) mass is 452 g/mol. The fraction of sp³-hybridized carbons (Fsp3) is 0.222. The van der Waals surface area contributed by atoms with E-state index in [0.717, 1.165) is 32.0 Å². The third-order valence-corrected chi connectivity index (χ3v) is 5.94. The maximum atomic E-state index is 13.7. The number of amides is 2. The van der Waals surface area contributed by atoms with Crippen LogP contribution in [0.4, 0.5) is 24.4 Å². The first-order valence-corrected chi connectivity index (χ1v) is 9.93. The summed E-state index contributed by atoms with van der Waals surface area (Å²) in [6.07, 6.45) is 0. The number of urea groups is 1. The zero-order valence-corrected chi connectivity index (χ0v) is 16.5. The molecule has 140 valence electrons. The van der Waals surface area contributed by atoms with Crippen molar-refractivity contribution in [3.05, 3.63) is 52.5 Å². The molecule has 2 aromatic carbocycles. The van der Waals surface area contributed by atoms with Gasteiger partial charge in [-0.3, -0.25) is 0 Å². The van der Waals surface area contributed by atoms with Crippen molar-refractivity contribution in [2.45, 2.75) is 0 Å². The SMILES string of the molecule is O=C(Nc1c(F)cccc1F)N1CCN(c2nc3ccc(Br)cc3s2)CC1. The smallest absolute Gasteiger partial charge is 0.322 e. The Hall–Kier alpha value is -2.26. The maximum Gasteiger partial charge on any atom is 0.322 e. The van der Waals surface area contributed by atoms with Crippen LogP contribution in [0.5, 0.6) is 0 Å². The van der Waals surface area contributed by atoms with Gasteiger partial charge < -0.3 is 15.1 Å². The second-order valence-electron chi connectivity index (χ2n) is 6.11. The summed E-state index contributed by atoms with van der Waals surface area (Å²) in [6, 6.07) is 8.93. The number of anilines is 2. The second kappa shape index (κ2) is 7.40. The van der Waals surface area contributed by atoms with Gasteiger partial charge in [0, 0.05) is 30.7 Å². The van der Waals surface area contributed by atoms with E-state index in [1.165, 1.54) is 6.07 Å². The molecular weight excluding hydrogens is 438 g/mol. The highest BCUT2D eigenvalue weighted by atomic mass is 79.9. The highest BCUT2D eigenvalue weighted by molar-refractivity contribution is 9.10. The molecule has 1 aliphatic heterocycles. The average Bonchev–Trinajstić information content (AvgIpc) is 3.08. The van der Waals surface area contributed by atoms with Gasteiger partial charge in [0.05, 0.1) is 10.2 Å². The van der Waals surface area contributed by atoms with Crippen molar-refractivity contribution < 1.29 is 13.6 Å². The van der Waals surface area contributed by atoms with Gasteiger partial charge in [-0.15, -0.1) is 0 Å². The van der Waals surface area contributed by atoms with Crippen LogP contribution in [0, 0.1) is 11.6 Å². The van der Waals surface area contributed by atoms with Crippen molar-refractivity contribution >= 4 is 54.3 Å². The minimum absolute atomic E-state index is 0.415. The van der Waals surface area contributed by atoms with Crippen molar-refractivity contribution in [2.75, 3.05) is 36.4 Å². The lowest BCUT2D eigenvalue weighted by Crippen LogP contribution is -2.50. The lowest BCUT2D eigenvalue weighted by molar-refractivity contribution is 0.208. The molecular formula is C18H15BrF2N4OS. The Labute approximate surface area is 166 Å². The highest BCUT2D eigenvalue weighted by Gasteiger charge is 2.24. The zero-order chi connectivity index (χ0) is 19.0. The van der Waals surface area contributed by atoms with E-state index >= 15 is 0 Å². The van der Waals surface area contributed by atoms with Gasteiger partial charge in [-0.1, -0.05) is 33.3 Å². The van der Waals surface area contributed by atoms with Crippen LogP contribution in [0.25, 0.3) is 10.2 Å². The molecule has 2 heterocycles. The molecule has 3 aromatic rings. The summed E-state index contributed by atoms with van der Waals surface area (Å²) in [5.41, 5.74) is 0.523. The van der Waals surface area contributed by atoms with Gasteiger partial charge in [-0.2, -0.15) is 0 Å². The molecule has 0 unspecified atom stereocenters. The molecule has 0 aliphatic carbocycles. The number of carbonyl (C=O) groups excluding carboxylic acids is 1. The standard InChI is InChI=1S/C18H15BrF2N4OS/c19-11-4-5-14-15(10-11)27-18(22-14)25-8-6-24(7-9-25)17(26)23-16-12(20)2-1-3-13(16)21/h1-5,10H,6-9H2,(H,23,26). The van der Waals surface area contributed by atoms with E-state index in [9.17, 15) is 13.6 Å². The van der Waals surface area contributed by atoms with E-state index in [2.05, 4.69) is 31.1 Å². The number of halogens is 3. The quantitative estimate of drug-likeness (QED) is 0.613. The fourth-order valence-electron chi connectivity index (χ4n) is 2.93. The van der Waals surface area contributed by atoms with E-state index < -0.39 is 23.4 Å². The molecule has 0 spiro atoms. The molecule has 4 rings (SSSR count). The first-order chi connectivity index (χ1) is 13.0. The molecule has 1 aliphatic rings. The first kappa shape index (κ1) is 18.1. The number of thiazole rings is 1. The third kappa shape index (κ3) is 3.74. The van der Waals surface area contributed by atoms with E-state index in [4.69, 9.17) is 0 Å².